The molecule has 1 aliphatic rings. The molecule has 1 heterocycles. The molecule has 1 aliphatic heterocycles. The molecule has 4 heteroatoms. The highest BCUT2D eigenvalue weighted by atomic mass is 16.2. The van der Waals surface area contributed by atoms with E-state index < -0.39 is 0 Å². The van der Waals surface area contributed by atoms with Crippen molar-refractivity contribution in [2.45, 2.75) is 45.8 Å². The van der Waals surface area contributed by atoms with E-state index >= 15 is 0 Å². The molecule has 2 unspecified atom stereocenters. The molecule has 0 saturated carbocycles. The second kappa shape index (κ2) is 6.58. The Morgan fingerprint density at radius 1 is 1.43 bits per heavy atom. The van der Waals surface area contributed by atoms with Gasteiger partial charge in [0.15, 0.2) is 0 Å². The van der Waals surface area contributed by atoms with E-state index in [2.05, 4.69) is 24.1 Å². The highest BCUT2D eigenvalue weighted by molar-refractivity contribution is 5.81. The van der Waals surface area contributed by atoms with Gasteiger partial charge in [-0.15, -0.1) is 0 Å². The lowest BCUT2D eigenvalue weighted by Crippen LogP contribution is -2.57. The fraction of sp³-hybridized carbons (Fsp3) is 0.588. The number of hydrogen-bond donors (Lipinski definition) is 2. The lowest BCUT2D eigenvalue weighted by Gasteiger charge is -2.44. The maximum Gasteiger partial charge on any atom is 0.237 e. The van der Waals surface area contributed by atoms with Gasteiger partial charge in [-0.25, -0.2) is 0 Å². The predicted molar refractivity (Wildman–Crippen MR) is 85.7 cm³/mol. The maximum atomic E-state index is 12.3. The zero-order valence-corrected chi connectivity index (χ0v) is 13.3. The van der Waals surface area contributed by atoms with Crippen molar-refractivity contribution < 1.29 is 4.79 Å². The minimum Gasteiger partial charge on any atom is -0.351 e. The van der Waals surface area contributed by atoms with Gasteiger partial charge < -0.3 is 11.1 Å². The lowest BCUT2D eigenvalue weighted by atomic mass is 9.79. The van der Waals surface area contributed by atoms with Gasteiger partial charge in [-0.3, -0.25) is 9.69 Å². The van der Waals surface area contributed by atoms with E-state index in [9.17, 15) is 4.79 Å². The van der Waals surface area contributed by atoms with Crippen LogP contribution in [0.25, 0.3) is 0 Å². The maximum absolute atomic E-state index is 12.3. The summed E-state index contributed by atoms with van der Waals surface area (Å²) in [6.45, 7) is 8.68. The number of carbonyl (C=O) groups is 1. The largest absolute Gasteiger partial charge is 0.351 e. The smallest absolute Gasteiger partial charge is 0.237 e. The van der Waals surface area contributed by atoms with Gasteiger partial charge in [0.2, 0.25) is 5.91 Å². The van der Waals surface area contributed by atoms with Gasteiger partial charge in [-0.2, -0.15) is 0 Å². The fourth-order valence-corrected chi connectivity index (χ4v) is 2.84. The van der Waals surface area contributed by atoms with Crippen molar-refractivity contribution in [3.05, 3.63) is 35.9 Å². The topological polar surface area (TPSA) is 58.4 Å². The summed E-state index contributed by atoms with van der Waals surface area (Å²) in [5.41, 5.74) is 7.34. The third-order valence-corrected chi connectivity index (χ3v) is 4.58. The highest BCUT2D eigenvalue weighted by Crippen LogP contribution is 2.28. The molecule has 4 nitrogen and oxygen atoms in total. The van der Waals surface area contributed by atoms with Gasteiger partial charge in [0, 0.05) is 25.7 Å². The number of hydrogen-bond acceptors (Lipinski definition) is 3. The van der Waals surface area contributed by atoms with Crippen LogP contribution in [0, 0.1) is 5.41 Å². The summed E-state index contributed by atoms with van der Waals surface area (Å²) in [5.74, 6) is 0.0881. The van der Waals surface area contributed by atoms with Gasteiger partial charge in [0.05, 0.1) is 6.04 Å². The second-order valence-corrected chi connectivity index (χ2v) is 6.73. The average Bonchev–Trinajstić information content (AvgIpc) is 2.48. The van der Waals surface area contributed by atoms with Gasteiger partial charge >= 0.3 is 0 Å². The van der Waals surface area contributed by atoms with E-state index in [1.807, 2.05) is 37.3 Å². The van der Waals surface area contributed by atoms with Crippen molar-refractivity contribution in [1.29, 1.82) is 0 Å². The van der Waals surface area contributed by atoms with Crippen LogP contribution in [0.15, 0.2) is 30.3 Å². The van der Waals surface area contributed by atoms with Crippen molar-refractivity contribution in [1.82, 2.24) is 10.2 Å². The number of benzene rings is 1. The molecule has 0 aromatic heterocycles. The summed E-state index contributed by atoms with van der Waals surface area (Å²) in [6, 6.07) is 10.1. The summed E-state index contributed by atoms with van der Waals surface area (Å²) >= 11 is 0. The molecule has 21 heavy (non-hydrogen) atoms. The van der Waals surface area contributed by atoms with E-state index in [0.717, 1.165) is 25.1 Å². The highest BCUT2D eigenvalue weighted by Gasteiger charge is 2.36. The lowest BCUT2D eigenvalue weighted by molar-refractivity contribution is -0.127. The standard InChI is InChI=1S/C17H27N3O/c1-13(20-10-9-15(18)17(2,3)12-20)16(21)19-11-14-7-5-4-6-8-14/h4-8,13,15H,9-12,18H2,1-3H3,(H,19,21). The molecule has 0 radical (unpaired) electrons. The molecular formula is C17H27N3O. The molecule has 0 bridgehead atoms. The number of nitrogens with zero attached hydrogens (tertiary/aromatic N) is 1. The van der Waals surface area contributed by atoms with Crippen LogP contribution in [-0.4, -0.2) is 36.0 Å². The summed E-state index contributed by atoms with van der Waals surface area (Å²) in [7, 11) is 0. The Labute approximate surface area is 127 Å². The normalized spacial score (nSPS) is 23.5. The molecule has 0 spiro atoms. The molecular weight excluding hydrogens is 262 g/mol. The van der Waals surface area contributed by atoms with Crippen LogP contribution in [0.2, 0.25) is 0 Å². The number of amides is 1. The molecule has 1 aromatic carbocycles. The first-order valence-electron chi connectivity index (χ1n) is 7.71. The molecule has 1 amide bonds. The summed E-state index contributed by atoms with van der Waals surface area (Å²) in [4.78, 5) is 14.6. The quantitative estimate of drug-likeness (QED) is 0.888. The number of nitrogens with two attached hydrogens (primary N) is 1. The van der Waals surface area contributed by atoms with Crippen LogP contribution in [0.3, 0.4) is 0 Å². The Balaban J connectivity index is 1.88. The zero-order valence-electron chi connectivity index (χ0n) is 13.3. The van der Waals surface area contributed by atoms with Crippen molar-refractivity contribution >= 4 is 5.91 Å². The third kappa shape index (κ3) is 4.05. The van der Waals surface area contributed by atoms with Crippen LogP contribution in [0.4, 0.5) is 0 Å². The van der Waals surface area contributed by atoms with Crippen molar-refractivity contribution in [2.24, 2.45) is 11.1 Å². The predicted octanol–water partition coefficient (Wildman–Crippen LogP) is 1.75. The third-order valence-electron chi connectivity index (χ3n) is 4.58. The van der Waals surface area contributed by atoms with Gasteiger partial charge in [-0.05, 0) is 24.3 Å². The molecule has 2 atom stereocenters. The summed E-state index contributed by atoms with van der Waals surface area (Å²) in [5, 5.41) is 3.02. The first kappa shape index (κ1) is 16.0. The zero-order chi connectivity index (χ0) is 15.5. The Hall–Kier alpha value is -1.39. The van der Waals surface area contributed by atoms with E-state index in [1.165, 1.54) is 0 Å². The van der Waals surface area contributed by atoms with E-state index in [-0.39, 0.29) is 23.4 Å². The Kier molecular flexibility index (Phi) is 5.01. The van der Waals surface area contributed by atoms with Gasteiger partial charge in [0.1, 0.15) is 0 Å². The van der Waals surface area contributed by atoms with Crippen LogP contribution < -0.4 is 11.1 Å². The number of piperidine rings is 1. The first-order valence-corrected chi connectivity index (χ1v) is 7.71. The molecule has 1 saturated heterocycles. The Bertz CT molecular complexity index is 472. The number of carbonyl (C=O) groups excluding carboxylic acids is 1. The monoisotopic (exact) mass is 289 g/mol. The first-order chi connectivity index (χ1) is 9.90. The van der Waals surface area contributed by atoms with Gasteiger partial charge in [0.25, 0.3) is 0 Å². The molecule has 0 aliphatic carbocycles. The van der Waals surface area contributed by atoms with E-state index in [1.54, 1.807) is 0 Å². The van der Waals surface area contributed by atoms with Crippen LogP contribution in [0.1, 0.15) is 32.8 Å². The molecule has 116 valence electrons. The number of rotatable bonds is 4. The second-order valence-electron chi connectivity index (χ2n) is 6.73. The van der Waals surface area contributed by atoms with Crippen molar-refractivity contribution in [2.75, 3.05) is 13.1 Å². The van der Waals surface area contributed by atoms with Crippen LogP contribution in [-0.2, 0) is 11.3 Å². The minimum absolute atomic E-state index is 0.0617. The summed E-state index contributed by atoms with van der Waals surface area (Å²) < 4.78 is 0. The Morgan fingerprint density at radius 3 is 2.71 bits per heavy atom. The molecule has 3 N–H and O–H groups in total. The molecule has 1 fully saturated rings. The fourth-order valence-electron chi connectivity index (χ4n) is 2.84. The van der Waals surface area contributed by atoms with E-state index in [0.29, 0.717) is 6.54 Å². The molecule has 1 aromatic rings. The number of likely N-dealkylation sites (tertiary alicyclic amines) is 1. The SMILES string of the molecule is CC(C(=O)NCc1ccccc1)N1CCC(N)C(C)(C)C1. The van der Waals surface area contributed by atoms with Crippen LogP contribution >= 0.6 is 0 Å². The van der Waals surface area contributed by atoms with Crippen molar-refractivity contribution in [3.8, 4) is 0 Å². The average molecular weight is 289 g/mol. The van der Waals surface area contributed by atoms with E-state index in [4.69, 9.17) is 5.73 Å². The minimum atomic E-state index is -0.111. The van der Waals surface area contributed by atoms with Crippen LogP contribution in [0.5, 0.6) is 0 Å². The number of nitrogens with one attached hydrogen (secondary N) is 1. The van der Waals surface area contributed by atoms with Crippen molar-refractivity contribution in [3.63, 3.8) is 0 Å². The Morgan fingerprint density at radius 2 is 2.10 bits per heavy atom. The molecule has 2 rings (SSSR count). The summed E-state index contributed by atoms with van der Waals surface area (Å²) in [6.07, 6.45) is 0.948. The van der Waals surface area contributed by atoms with Gasteiger partial charge in [-0.1, -0.05) is 44.2 Å².